The quantitative estimate of drug-likeness (QED) is 0.834. The van der Waals surface area contributed by atoms with E-state index in [9.17, 15) is 23.4 Å². The maximum Gasteiger partial charge on any atom is 0.254 e. The number of rotatable bonds is 3. The lowest BCUT2D eigenvalue weighted by molar-refractivity contribution is 0.0697. The number of carbonyl (C=O) groups excluding carboxylic acids is 1. The summed E-state index contributed by atoms with van der Waals surface area (Å²) in [6.07, 6.45) is 0. The van der Waals surface area contributed by atoms with Crippen LogP contribution in [0.1, 0.15) is 21.5 Å². The summed E-state index contributed by atoms with van der Waals surface area (Å²) in [5.41, 5.74) is 1.73. The summed E-state index contributed by atoms with van der Waals surface area (Å²) in [5.74, 6) is -0.756. The summed E-state index contributed by atoms with van der Waals surface area (Å²) in [5, 5.41) is 19.1. The summed E-state index contributed by atoms with van der Waals surface area (Å²) in [7, 11) is -3.63. The number of aromatic hydroxyl groups is 2. The first kappa shape index (κ1) is 19.2. The van der Waals surface area contributed by atoms with Gasteiger partial charge in [0.1, 0.15) is 11.5 Å². The highest BCUT2D eigenvalue weighted by atomic mass is 32.2. The first-order valence-electron chi connectivity index (χ1n) is 8.58. The fourth-order valence-electron chi connectivity index (χ4n) is 3.16. The number of benzene rings is 2. The fraction of sp³-hybridized carbons (Fsp3) is 0.316. The SMILES string of the molecule is Cc1ccc(C)c(S(=O)(=O)N2CCN(C(=O)c3cc(O)cc(O)c3)CC2)c1. The molecular weight excluding hydrogens is 368 g/mol. The van der Waals surface area contributed by atoms with Gasteiger partial charge in [-0.3, -0.25) is 4.79 Å². The number of hydrogen-bond donors (Lipinski definition) is 2. The molecule has 2 aromatic carbocycles. The van der Waals surface area contributed by atoms with Gasteiger partial charge in [0, 0.05) is 37.8 Å². The van der Waals surface area contributed by atoms with E-state index in [2.05, 4.69) is 0 Å². The van der Waals surface area contributed by atoms with E-state index in [4.69, 9.17) is 0 Å². The number of aryl methyl sites for hydroxylation is 2. The number of phenols is 2. The second kappa shape index (κ2) is 7.21. The lowest BCUT2D eigenvalue weighted by Crippen LogP contribution is -2.50. The van der Waals surface area contributed by atoms with Crippen LogP contribution in [0.15, 0.2) is 41.3 Å². The van der Waals surface area contributed by atoms with Gasteiger partial charge in [0.15, 0.2) is 0 Å². The molecule has 1 saturated heterocycles. The van der Waals surface area contributed by atoms with Crippen LogP contribution in [0.2, 0.25) is 0 Å². The Morgan fingerprint density at radius 1 is 0.926 bits per heavy atom. The minimum atomic E-state index is -3.63. The van der Waals surface area contributed by atoms with Gasteiger partial charge in [0.25, 0.3) is 5.91 Å². The molecule has 3 rings (SSSR count). The van der Waals surface area contributed by atoms with E-state index >= 15 is 0 Å². The first-order chi connectivity index (χ1) is 12.7. The standard InChI is InChI=1S/C19H22N2O5S/c1-13-3-4-14(2)18(9-13)27(25,26)21-7-5-20(6-8-21)19(24)15-10-16(22)12-17(23)11-15/h3-4,9-12,22-23H,5-8H2,1-2H3. The van der Waals surface area contributed by atoms with Crippen LogP contribution in [-0.2, 0) is 10.0 Å². The second-order valence-electron chi connectivity index (χ2n) is 6.70. The molecule has 1 fully saturated rings. The highest BCUT2D eigenvalue weighted by Gasteiger charge is 2.31. The van der Waals surface area contributed by atoms with Crippen LogP contribution in [0.5, 0.6) is 11.5 Å². The Hall–Kier alpha value is -2.58. The van der Waals surface area contributed by atoms with Crippen molar-refractivity contribution in [3.63, 3.8) is 0 Å². The molecule has 27 heavy (non-hydrogen) atoms. The molecule has 0 atom stereocenters. The third kappa shape index (κ3) is 3.91. The monoisotopic (exact) mass is 390 g/mol. The van der Waals surface area contributed by atoms with E-state index in [-0.39, 0.29) is 49.1 Å². The Kier molecular flexibility index (Phi) is 5.12. The summed E-state index contributed by atoms with van der Waals surface area (Å²) in [6, 6.07) is 9.03. The minimum Gasteiger partial charge on any atom is -0.508 e. The van der Waals surface area contributed by atoms with E-state index in [0.29, 0.717) is 10.5 Å². The molecule has 0 radical (unpaired) electrons. The van der Waals surface area contributed by atoms with Gasteiger partial charge in [-0.1, -0.05) is 12.1 Å². The molecule has 2 N–H and O–H groups in total. The van der Waals surface area contributed by atoms with Crippen molar-refractivity contribution in [2.75, 3.05) is 26.2 Å². The lowest BCUT2D eigenvalue weighted by atomic mass is 10.1. The van der Waals surface area contributed by atoms with Gasteiger partial charge >= 0.3 is 0 Å². The van der Waals surface area contributed by atoms with E-state index < -0.39 is 10.0 Å². The fourth-order valence-corrected chi connectivity index (χ4v) is 4.89. The summed E-state index contributed by atoms with van der Waals surface area (Å²) in [6.45, 7) is 4.46. The van der Waals surface area contributed by atoms with Gasteiger partial charge in [0.05, 0.1) is 4.90 Å². The Morgan fingerprint density at radius 2 is 1.52 bits per heavy atom. The molecular formula is C19H22N2O5S. The lowest BCUT2D eigenvalue weighted by Gasteiger charge is -2.34. The molecule has 1 amide bonds. The Bertz CT molecular complexity index is 959. The third-order valence-corrected chi connectivity index (χ3v) is 6.68. The van der Waals surface area contributed by atoms with Crippen molar-refractivity contribution >= 4 is 15.9 Å². The number of amides is 1. The van der Waals surface area contributed by atoms with Crippen molar-refractivity contribution in [3.05, 3.63) is 53.1 Å². The zero-order valence-corrected chi connectivity index (χ0v) is 16.0. The van der Waals surface area contributed by atoms with Crippen molar-refractivity contribution in [2.45, 2.75) is 18.7 Å². The summed E-state index contributed by atoms with van der Waals surface area (Å²) < 4.78 is 27.3. The maximum atomic E-state index is 13.0. The topological polar surface area (TPSA) is 98.2 Å². The van der Waals surface area contributed by atoms with Gasteiger partial charge in [-0.25, -0.2) is 8.42 Å². The van der Waals surface area contributed by atoms with Crippen LogP contribution < -0.4 is 0 Å². The molecule has 0 aromatic heterocycles. The van der Waals surface area contributed by atoms with E-state index in [1.54, 1.807) is 19.1 Å². The van der Waals surface area contributed by atoms with Gasteiger partial charge in [0.2, 0.25) is 10.0 Å². The Balaban J connectivity index is 1.75. The molecule has 0 spiro atoms. The maximum absolute atomic E-state index is 13.0. The van der Waals surface area contributed by atoms with Gasteiger partial charge in [-0.15, -0.1) is 0 Å². The summed E-state index contributed by atoms with van der Waals surface area (Å²) in [4.78, 5) is 14.4. The molecule has 144 valence electrons. The van der Waals surface area contributed by atoms with Gasteiger partial charge in [-0.05, 0) is 43.2 Å². The summed E-state index contributed by atoms with van der Waals surface area (Å²) >= 11 is 0. The van der Waals surface area contributed by atoms with Crippen LogP contribution >= 0.6 is 0 Å². The number of hydrogen-bond acceptors (Lipinski definition) is 5. The van der Waals surface area contributed by atoms with E-state index in [1.165, 1.54) is 21.3 Å². The molecule has 0 unspecified atom stereocenters. The van der Waals surface area contributed by atoms with E-state index in [1.807, 2.05) is 13.0 Å². The average molecular weight is 390 g/mol. The van der Waals surface area contributed by atoms with Gasteiger partial charge < -0.3 is 15.1 Å². The number of nitrogens with zero attached hydrogens (tertiary/aromatic N) is 2. The number of sulfonamides is 1. The molecule has 0 bridgehead atoms. The normalized spacial score (nSPS) is 15.7. The van der Waals surface area contributed by atoms with Crippen LogP contribution in [0, 0.1) is 13.8 Å². The number of carbonyl (C=O) groups is 1. The number of piperazine rings is 1. The van der Waals surface area contributed by atoms with Crippen molar-refractivity contribution < 1.29 is 23.4 Å². The van der Waals surface area contributed by atoms with Crippen molar-refractivity contribution in [1.29, 1.82) is 0 Å². The molecule has 2 aromatic rings. The Morgan fingerprint density at radius 3 is 2.11 bits per heavy atom. The minimum absolute atomic E-state index is 0.165. The molecule has 1 heterocycles. The third-order valence-electron chi connectivity index (χ3n) is 4.64. The molecule has 7 nitrogen and oxygen atoms in total. The molecule has 1 aliphatic rings. The first-order valence-corrected chi connectivity index (χ1v) is 10.0. The van der Waals surface area contributed by atoms with Crippen LogP contribution in [0.3, 0.4) is 0 Å². The predicted molar refractivity (Wildman–Crippen MR) is 100 cm³/mol. The van der Waals surface area contributed by atoms with Crippen LogP contribution in [-0.4, -0.2) is 59.9 Å². The molecule has 1 aliphatic heterocycles. The molecule has 0 aliphatic carbocycles. The smallest absolute Gasteiger partial charge is 0.254 e. The van der Waals surface area contributed by atoms with Crippen molar-refractivity contribution in [1.82, 2.24) is 9.21 Å². The predicted octanol–water partition coefficient (Wildman–Crippen LogP) is 1.86. The van der Waals surface area contributed by atoms with Gasteiger partial charge in [-0.2, -0.15) is 4.31 Å². The zero-order valence-electron chi connectivity index (χ0n) is 15.2. The van der Waals surface area contributed by atoms with Crippen molar-refractivity contribution in [3.8, 4) is 11.5 Å². The Labute approximate surface area is 158 Å². The highest BCUT2D eigenvalue weighted by molar-refractivity contribution is 7.89. The van der Waals surface area contributed by atoms with Crippen LogP contribution in [0.25, 0.3) is 0 Å². The number of phenolic OH excluding ortho intramolecular Hbond substituents is 2. The second-order valence-corrected chi connectivity index (χ2v) is 8.61. The van der Waals surface area contributed by atoms with Crippen molar-refractivity contribution in [2.24, 2.45) is 0 Å². The molecule has 0 saturated carbocycles. The van der Waals surface area contributed by atoms with E-state index in [0.717, 1.165) is 11.6 Å². The molecule has 8 heteroatoms. The average Bonchev–Trinajstić information content (AvgIpc) is 2.62. The highest BCUT2D eigenvalue weighted by Crippen LogP contribution is 2.24. The zero-order chi connectivity index (χ0) is 19.8. The van der Waals surface area contributed by atoms with Crippen LogP contribution in [0.4, 0.5) is 0 Å². The largest absolute Gasteiger partial charge is 0.508 e.